The van der Waals surface area contributed by atoms with Gasteiger partial charge in [-0.3, -0.25) is 4.79 Å². The summed E-state index contributed by atoms with van der Waals surface area (Å²) in [4.78, 5) is 13.7. The maximum absolute atomic E-state index is 10.9. The number of pyridine rings is 1. The summed E-state index contributed by atoms with van der Waals surface area (Å²) in [7, 11) is 0. The zero-order valence-corrected chi connectivity index (χ0v) is 6.79. The Morgan fingerprint density at radius 1 is 1.50 bits per heavy atom. The second kappa shape index (κ2) is 2.75. The van der Waals surface area contributed by atoms with Gasteiger partial charge in [-0.15, -0.1) is 0 Å². The zero-order valence-electron chi connectivity index (χ0n) is 6.79. The molecule has 1 aliphatic rings. The minimum atomic E-state index is -0.0661. The third-order valence-electron chi connectivity index (χ3n) is 2.28. The van der Waals surface area contributed by atoms with Crippen LogP contribution in [0.4, 0.5) is 0 Å². The van der Waals surface area contributed by atoms with E-state index in [2.05, 4.69) is 4.98 Å². The van der Waals surface area contributed by atoms with Crippen LogP contribution in [0.3, 0.4) is 0 Å². The van der Waals surface area contributed by atoms with E-state index in [0.29, 0.717) is 5.92 Å². The fourth-order valence-corrected chi connectivity index (χ4v) is 1.37. The lowest BCUT2D eigenvalue weighted by molar-refractivity contribution is 0.613. The molecule has 3 heteroatoms. The van der Waals surface area contributed by atoms with Crippen LogP contribution in [0.1, 0.15) is 24.6 Å². The lowest BCUT2D eigenvalue weighted by atomic mass is 10.1. The summed E-state index contributed by atoms with van der Waals surface area (Å²) in [5.74, 6) is 0.586. The molecule has 0 unspecified atom stereocenters. The Hall–Kier alpha value is -1.09. The number of rotatable bonds is 2. The van der Waals surface area contributed by atoms with E-state index in [1.807, 2.05) is 6.07 Å². The Balaban J connectivity index is 2.26. The van der Waals surface area contributed by atoms with Crippen LogP contribution < -0.4 is 11.3 Å². The molecule has 0 aliphatic heterocycles. The SMILES string of the molecule is N[C@@H](c1cccc(=O)[nH]1)C1CC1. The van der Waals surface area contributed by atoms with Crippen LogP contribution in [0.25, 0.3) is 0 Å². The summed E-state index contributed by atoms with van der Waals surface area (Å²) >= 11 is 0. The van der Waals surface area contributed by atoms with Crippen LogP contribution in [0.15, 0.2) is 23.0 Å². The number of hydrogen-bond acceptors (Lipinski definition) is 2. The lowest BCUT2D eigenvalue weighted by Gasteiger charge is -2.08. The summed E-state index contributed by atoms with van der Waals surface area (Å²) in [6.07, 6.45) is 2.39. The van der Waals surface area contributed by atoms with Crippen molar-refractivity contribution in [2.75, 3.05) is 0 Å². The molecular formula is C9H12N2O. The normalized spacial score (nSPS) is 19.1. The van der Waals surface area contributed by atoms with E-state index in [4.69, 9.17) is 5.73 Å². The first-order valence-corrected chi connectivity index (χ1v) is 4.22. The van der Waals surface area contributed by atoms with E-state index in [1.165, 1.54) is 18.9 Å². The van der Waals surface area contributed by atoms with Crippen LogP contribution in [-0.2, 0) is 0 Å². The Kier molecular flexibility index (Phi) is 1.73. The number of H-pyrrole nitrogens is 1. The fraction of sp³-hybridized carbons (Fsp3) is 0.444. The van der Waals surface area contributed by atoms with Gasteiger partial charge in [-0.1, -0.05) is 6.07 Å². The Bertz CT molecular complexity index is 327. The minimum absolute atomic E-state index is 0.0268. The number of nitrogens with two attached hydrogens (primary N) is 1. The van der Waals surface area contributed by atoms with Gasteiger partial charge in [0.1, 0.15) is 0 Å². The smallest absolute Gasteiger partial charge is 0.248 e. The summed E-state index contributed by atoms with van der Waals surface area (Å²) in [6, 6.07) is 5.16. The molecule has 1 aromatic heterocycles. The molecule has 0 radical (unpaired) electrons. The van der Waals surface area contributed by atoms with Gasteiger partial charge in [-0.25, -0.2) is 0 Å². The van der Waals surface area contributed by atoms with Crippen molar-refractivity contribution in [3.05, 3.63) is 34.2 Å². The number of nitrogens with one attached hydrogen (secondary N) is 1. The lowest BCUT2D eigenvalue weighted by Crippen LogP contribution is -2.18. The average molecular weight is 164 g/mol. The molecule has 0 saturated heterocycles. The fourth-order valence-electron chi connectivity index (χ4n) is 1.37. The van der Waals surface area contributed by atoms with Gasteiger partial charge >= 0.3 is 0 Å². The van der Waals surface area contributed by atoms with E-state index < -0.39 is 0 Å². The van der Waals surface area contributed by atoms with Crippen molar-refractivity contribution < 1.29 is 0 Å². The first-order valence-electron chi connectivity index (χ1n) is 4.22. The first kappa shape index (κ1) is 7.55. The van der Waals surface area contributed by atoms with E-state index in [1.54, 1.807) is 6.07 Å². The van der Waals surface area contributed by atoms with Gasteiger partial charge in [0.2, 0.25) is 5.56 Å². The van der Waals surface area contributed by atoms with Crippen molar-refractivity contribution in [1.82, 2.24) is 4.98 Å². The molecule has 1 aliphatic carbocycles. The summed E-state index contributed by atoms with van der Waals surface area (Å²) < 4.78 is 0. The van der Waals surface area contributed by atoms with Crippen molar-refractivity contribution in [3.63, 3.8) is 0 Å². The highest BCUT2D eigenvalue weighted by molar-refractivity contribution is 5.11. The van der Waals surface area contributed by atoms with Crippen LogP contribution in [0.2, 0.25) is 0 Å². The molecule has 3 N–H and O–H groups in total. The molecule has 0 spiro atoms. The Morgan fingerprint density at radius 2 is 2.25 bits per heavy atom. The summed E-state index contributed by atoms with van der Waals surface area (Å²) in [5.41, 5.74) is 6.70. The van der Waals surface area contributed by atoms with Gasteiger partial charge < -0.3 is 10.7 Å². The third-order valence-corrected chi connectivity index (χ3v) is 2.28. The molecule has 1 fully saturated rings. The molecule has 0 amide bonds. The summed E-state index contributed by atoms with van der Waals surface area (Å²) in [5, 5.41) is 0. The van der Waals surface area contributed by atoms with E-state index in [0.717, 1.165) is 5.69 Å². The summed E-state index contributed by atoms with van der Waals surface area (Å²) in [6.45, 7) is 0. The van der Waals surface area contributed by atoms with Crippen LogP contribution in [0, 0.1) is 5.92 Å². The van der Waals surface area contributed by atoms with Crippen LogP contribution in [-0.4, -0.2) is 4.98 Å². The van der Waals surface area contributed by atoms with Gasteiger partial charge in [-0.2, -0.15) is 0 Å². The molecular weight excluding hydrogens is 152 g/mol. The van der Waals surface area contributed by atoms with Crippen molar-refractivity contribution in [2.45, 2.75) is 18.9 Å². The van der Waals surface area contributed by atoms with Crippen LogP contribution >= 0.6 is 0 Å². The minimum Gasteiger partial charge on any atom is -0.325 e. The topological polar surface area (TPSA) is 58.9 Å². The predicted molar refractivity (Wildman–Crippen MR) is 46.7 cm³/mol. The second-order valence-corrected chi connectivity index (χ2v) is 3.33. The molecule has 0 aromatic carbocycles. The van der Waals surface area contributed by atoms with Crippen molar-refractivity contribution in [1.29, 1.82) is 0 Å². The quantitative estimate of drug-likeness (QED) is 0.678. The number of aromatic amines is 1. The predicted octanol–water partition coefficient (Wildman–Crippen LogP) is 0.785. The van der Waals surface area contributed by atoms with Gasteiger partial charge in [0.25, 0.3) is 0 Å². The Morgan fingerprint density at radius 3 is 2.83 bits per heavy atom. The molecule has 3 nitrogen and oxygen atoms in total. The Labute approximate surface area is 70.6 Å². The van der Waals surface area contributed by atoms with Gasteiger partial charge in [0, 0.05) is 17.8 Å². The zero-order chi connectivity index (χ0) is 8.55. The van der Waals surface area contributed by atoms with Gasteiger partial charge in [0.05, 0.1) is 0 Å². The van der Waals surface area contributed by atoms with Crippen molar-refractivity contribution in [3.8, 4) is 0 Å². The molecule has 2 rings (SSSR count). The van der Waals surface area contributed by atoms with Crippen molar-refractivity contribution in [2.24, 2.45) is 11.7 Å². The largest absolute Gasteiger partial charge is 0.325 e. The number of aromatic nitrogens is 1. The molecule has 64 valence electrons. The van der Waals surface area contributed by atoms with Crippen LogP contribution in [0.5, 0.6) is 0 Å². The molecule has 1 aromatic rings. The molecule has 1 saturated carbocycles. The third kappa shape index (κ3) is 1.41. The van der Waals surface area contributed by atoms with E-state index in [9.17, 15) is 4.79 Å². The van der Waals surface area contributed by atoms with Crippen molar-refractivity contribution >= 4 is 0 Å². The molecule has 12 heavy (non-hydrogen) atoms. The molecule has 0 bridgehead atoms. The highest BCUT2D eigenvalue weighted by atomic mass is 16.1. The molecule has 1 atom stereocenters. The first-order chi connectivity index (χ1) is 5.77. The monoisotopic (exact) mass is 164 g/mol. The maximum atomic E-state index is 10.9. The van der Waals surface area contributed by atoms with E-state index >= 15 is 0 Å². The standard InChI is InChI=1S/C9H12N2O/c10-9(6-4-5-6)7-2-1-3-8(12)11-7/h1-3,6,9H,4-5,10H2,(H,11,12)/t9-/m1/s1. The second-order valence-electron chi connectivity index (χ2n) is 3.33. The number of hydrogen-bond donors (Lipinski definition) is 2. The van der Waals surface area contributed by atoms with E-state index in [-0.39, 0.29) is 11.6 Å². The van der Waals surface area contributed by atoms with Gasteiger partial charge in [0.15, 0.2) is 0 Å². The highest BCUT2D eigenvalue weighted by Crippen LogP contribution is 2.38. The molecule has 1 heterocycles. The maximum Gasteiger partial charge on any atom is 0.248 e. The highest BCUT2D eigenvalue weighted by Gasteiger charge is 2.29. The average Bonchev–Trinajstić information content (AvgIpc) is 2.85. The van der Waals surface area contributed by atoms with Gasteiger partial charge in [-0.05, 0) is 24.8 Å².